The Kier molecular flexibility index (Phi) is 5.86. The zero-order chi connectivity index (χ0) is 21.1. The van der Waals surface area contributed by atoms with E-state index < -0.39 is 0 Å². The lowest BCUT2D eigenvalue weighted by atomic mass is 9.85. The normalized spacial score (nSPS) is 21.1. The first-order valence-electron chi connectivity index (χ1n) is 11.6. The molecule has 164 valence electrons. The van der Waals surface area contributed by atoms with E-state index in [1.165, 1.54) is 18.4 Å². The molecule has 2 aromatic rings. The Bertz CT molecular complexity index is 914. The number of methoxy groups -OCH3 is 1. The van der Waals surface area contributed by atoms with Gasteiger partial charge in [0.1, 0.15) is 5.60 Å². The van der Waals surface area contributed by atoms with Gasteiger partial charge < -0.3 is 14.3 Å². The zero-order valence-electron chi connectivity index (χ0n) is 18.4. The fourth-order valence-electron chi connectivity index (χ4n) is 5.04. The second kappa shape index (κ2) is 8.91. The van der Waals surface area contributed by atoms with Gasteiger partial charge in [0.05, 0.1) is 18.9 Å². The molecule has 0 atom stereocenters. The Morgan fingerprint density at radius 2 is 1.81 bits per heavy atom. The van der Waals surface area contributed by atoms with Gasteiger partial charge in [0.2, 0.25) is 0 Å². The quantitative estimate of drug-likeness (QED) is 0.646. The third-order valence-electron chi connectivity index (χ3n) is 6.95. The smallest absolute Gasteiger partial charge is 0.162 e. The van der Waals surface area contributed by atoms with Gasteiger partial charge in [-0.25, -0.2) is 0 Å². The van der Waals surface area contributed by atoms with E-state index in [4.69, 9.17) is 14.3 Å². The third-order valence-corrected chi connectivity index (χ3v) is 6.95. The van der Waals surface area contributed by atoms with Gasteiger partial charge in [0.15, 0.2) is 11.5 Å². The van der Waals surface area contributed by atoms with E-state index >= 15 is 0 Å². The van der Waals surface area contributed by atoms with E-state index in [1.807, 2.05) is 6.07 Å². The van der Waals surface area contributed by atoms with Crippen LogP contribution in [0.5, 0.6) is 11.5 Å². The third kappa shape index (κ3) is 4.57. The first kappa shape index (κ1) is 20.4. The van der Waals surface area contributed by atoms with Gasteiger partial charge in [-0.05, 0) is 49.4 Å². The number of likely N-dealkylation sites (tertiary alicyclic amines) is 1. The van der Waals surface area contributed by atoms with Gasteiger partial charge in [-0.1, -0.05) is 35.5 Å². The van der Waals surface area contributed by atoms with E-state index in [9.17, 15) is 0 Å². The van der Waals surface area contributed by atoms with Crippen LogP contribution in [0.4, 0.5) is 0 Å². The number of piperidine rings is 1. The summed E-state index contributed by atoms with van der Waals surface area (Å²) in [7, 11) is 1.70. The molecule has 2 heterocycles. The van der Waals surface area contributed by atoms with Gasteiger partial charge >= 0.3 is 0 Å². The average Bonchev–Trinajstić information content (AvgIpc) is 3.47. The maximum atomic E-state index is 6.28. The van der Waals surface area contributed by atoms with Gasteiger partial charge in [0.25, 0.3) is 0 Å². The number of ether oxygens (including phenoxy) is 2. The highest BCUT2D eigenvalue weighted by Gasteiger charge is 2.42. The molecule has 1 aliphatic carbocycles. The molecule has 1 spiro atoms. The molecule has 2 aromatic carbocycles. The topological polar surface area (TPSA) is 43.3 Å². The van der Waals surface area contributed by atoms with Crippen molar-refractivity contribution < 1.29 is 14.3 Å². The summed E-state index contributed by atoms with van der Waals surface area (Å²) >= 11 is 0. The van der Waals surface area contributed by atoms with Crippen molar-refractivity contribution in [2.45, 2.75) is 63.2 Å². The molecule has 0 unspecified atom stereocenters. The molecule has 5 rings (SSSR count). The average molecular weight is 421 g/mol. The van der Waals surface area contributed by atoms with Crippen LogP contribution in [0.2, 0.25) is 0 Å². The summed E-state index contributed by atoms with van der Waals surface area (Å²) in [6.07, 6.45) is 7.92. The van der Waals surface area contributed by atoms with E-state index in [-0.39, 0.29) is 5.60 Å². The zero-order valence-corrected chi connectivity index (χ0v) is 18.4. The second-order valence-corrected chi connectivity index (χ2v) is 9.14. The van der Waals surface area contributed by atoms with E-state index in [0.717, 1.165) is 74.5 Å². The fraction of sp³-hybridized carbons (Fsp3) is 0.500. The lowest BCUT2D eigenvalue weighted by Crippen LogP contribution is -2.44. The van der Waals surface area contributed by atoms with Crippen molar-refractivity contribution in [1.82, 2.24) is 4.90 Å². The van der Waals surface area contributed by atoms with Gasteiger partial charge in [-0.15, -0.1) is 0 Å². The Morgan fingerprint density at radius 3 is 2.55 bits per heavy atom. The van der Waals surface area contributed by atoms with Crippen molar-refractivity contribution in [3.63, 3.8) is 0 Å². The first-order valence-corrected chi connectivity index (χ1v) is 11.6. The molecule has 0 amide bonds. The second-order valence-electron chi connectivity index (χ2n) is 9.14. The molecule has 0 aromatic heterocycles. The molecule has 5 heteroatoms. The minimum absolute atomic E-state index is 0.158. The Morgan fingerprint density at radius 1 is 1.03 bits per heavy atom. The van der Waals surface area contributed by atoms with Crippen LogP contribution in [-0.2, 0) is 11.4 Å². The highest BCUT2D eigenvalue weighted by molar-refractivity contribution is 6.02. The standard InChI is InChI=1S/C26H32N2O3/c1-29-24-12-11-21(17-25(24)30-22-9-5-6-10-22)23-18-26(31-27-23)13-15-28(16-14-26)19-20-7-3-2-4-8-20/h2-4,7-8,11-12,17,22H,5-6,9-10,13-16,18-19H2,1H3. The van der Waals surface area contributed by atoms with Crippen LogP contribution in [0.1, 0.15) is 56.1 Å². The number of oxime groups is 1. The molecule has 31 heavy (non-hydrogen) atoms. The maximum absolute atomic E-state index is 6.28. The lowest BCUT2D eigenvalue weighted by molar-refractivity contribution is -0.0627. The number of benzene rings is 2. The molecular weight excluding hydrogens is 388 g/mol. The first-order chi connectivity index (χ1) is 15.2. The molecular formula is C26H32N2O3. The van der Waals surface area contributed by atoms with E-state index in [1.54, 1.807) is 7.11 Å². The fourth-order valence-corrected chi connectivity index (χ4v) is 5.04. The summed E-state index contributed by atoms with van der Waals surface area (Å²) in [5.41, 5.74) is 3.32. The van der Waals surface area contributed by atoms with Crippen LogP contribution in [0.15, 0.2) is 53.7 Å². The molecule has 2 aliphatic heterocycles. The van der Waals surface area contributed by atoms with E-state index in [0.29, 0.717) is 6.10 Å². The molecule has 5 nitrogen and oxygen atoms in total. The van der Waals surface area contributed by atoms with Gasteiger partial charge in [0, 0.05) is 44.5 Å². The van der Waals surface area contributed by atoms with Crippen LogP contribution >= 0.6 is 0 Å². The van der Waals surface area contributed by atoms with Crippen molar-refractivity contribution in [2.75, 3.05) is 20.2 Å². The summed E-state index contributed by atoms with van der Waals surface area (Å²) in [6.45, 7) is 3.08. The number of nitrogens with zero attached hydrogens (tertiary/aromatic N) is 2. The van der Waals surface area contributed by atoms with Crippen LogP contribution in [0, 0.1) is 0 Å². The molecule has 0 N–H and O–H groups in total. The van der Waals surface area contributed by atoms with Crippen molar-refractivity contribution >= 4 is 5.71 Å². The Labute approximate surface area is 185 Å². The molecule has 0 radical (unpaired) electrons. The SMILES string of the molecule is COc1ccc(C2=NOC3(CCN(Cc4ccccc4)CC3)C2)cc1OC1CCCC1. The van der Waals surface area contributed by atoms with Crippen LogP contribution in [0.3, 0.4) is 0 Å². The maximum Gasteiger partial charge on any atom is 0.162 e. The molecule has 0 bridgehead atoms. The largest absolute Gasteiger partial charge is 0.493 e. The minimum atomic E-state index is -0.158. The van der Waals surface area contributed by atoms with Crippen LogP contribution in [0.25, 0.3) is 0 Å². The van der Waals surface area contributed by atoms with Crippen molar-refractivity contribution in [2.24, 2.45) is 5.16 Å². The summed E-state index contributed by atoms with van der Waals surface area (Å²) in [5.74, 6) is 1.62. The summed E-state index contributed by atoms with van der Waals surface area (Å²) in [6, 6.07) is 16.9. The van der Waals surface area contributed by atoms with Gasteiger partial charge in [-0.3, -0.25) is 4.90 Å². The summed E-state index contributed by atoms with van der Waals surface area (Å²) in [4.78, 5) is 8.58. The monoisotopic (exact) mass is 420 g/mol. The highest BCUT2D eigenvalue weighted by Crippen LogP contribution is 2.38. The van der Waals surface area contributed by atoms with Crippen molar-refractivity contribution in [3.8, 4) is 11.5 Å². The summed E-state index contributed by atoms with van der Waals surface area (Å²) in [5, 5.41) is 4.52. The molecule has 2 fully saturated rings. The number of hydrogen-bond donors (Lipinski definition) is 0. The molecule has 3 aliphatic rings. The van der Waals surface area contributed by atoms with Crippen LogP contribution < -0.4 is 9.47 Å². The van der Waals surface area contributed by atoms with Crippen molar-refractivity contribution in [1.29, 1.82) is 0 Å². The van der Waals surface area contributed by atoms with E-state index in [2.05, 4.69) is 52.5 Å². The Balaban J connectivity index is 1.22. The van der Waals surface area contributed by atoms with Crippen molar-refractivity contribution in [3.05, 3.63) is 59.7 Å². The predicted octanol–water partition coefficient (Wildman–Crippen LogP) is 5.18. The summed E-state index contributed by atoms with van der Waals surface area (Å²) < 4.78 is 11.8. The number of hydrogen-bond acceptors (Lipinski definition) is 5. The molecule has 1 saturated heterocycles. The lowest BCUT2D eigenvalue weighted by Gasteiger charge is -2.37. The Hall–Kier alpha value is -2.53. The minimum Gasteiger partial charge on any atom is -0.493 e. The molecule has 1 saturated carbocycles. The van der Waals surface area contributed by atoms with Gasteiger partial charge in [-0.2, -0.15) is 0 Å². The van der Waals surface area contributed by atoms with Crippen LogP contribution in [-0.4, -0.2) is 42.5 Å². The highest BCUT2D eigenvalue weighted by atomic mass is 16.7. The number of rotatable bonds is 6. The predicted molar refractivity (Wildman–Crippen MR) is 122 cm³/mol.